The lowest BCUT2D eigenvalue weighted by molar-refractivity contribution is 0.136. The highest BCUT2D eigenvalue weighted by Crippen LogP contribution is 1.84. The van der Waals surface area contributed by atoms with Crippen molar-refractivity contribution in [1.29, 1.82) is 0 Å². The molecule has 1 rings (SSSR count). The Morgan fingerprint density at radius 3 is 3.10 bits per heavy atom. The summed E-state index contributed by atoms with van der Waals surface area (Å²) in [6.45, 7) is 4.36. The van der Waals surface area contributed by atoms with Crippen LogP contribution in [-0.2, 0) is 11.3 Å². The van der Waals surface area contributed by atoms with Crippen molar-refractivity contribution in [3.05, 3.63) is 18.5 Å². The molecule has 0 aliphatic rings. The van der Waals surface area contributed by atoms with Gasteiger partial charge in [-0.05, 0) is 13.0 Å². The predicted octanol–water partition coefficient (Wildman–Crippen LogP) is 0.920. The van der Waals surface area contributed by atoms with Crippen LogP contribution in [0.2, 0.25) is 0 Å². The molecular formula is C7H12N2O. The second-order valence-electron chi connectivity index (χ2n) is 1.97. The van der Waals surface area contributed by atoms with E-state index in [4.69, 9.17) is 4.74 Å². The summed E-state index contributed by atoms with van der Waals surface area (Å²) >= 11 is 0. The summed E-state index contributed by atoms with van der Waals surface area (Å²) in [6.07, 6.45) is 3.70. The van der Waals surface area contributed by atoms with E-state index >= 15 is 0 Å². The van der Waals surface area contributed by atoms with Crippen molar-refractivity contribution in [2.24, 2.45) is 0 Å². The third-order valence-corrected chi connectivity index (χ3v) is 1.23. The number of aromatic nitrogens is 2. The maximum atomic E-state index is 5.15. The monoisotopic (exact) mass is 140 g/mol. The second kappa shape index (κ2) is 4.06. The Morgan fingerprint density at radius 1 is 1.60 bits per heavy atom. The normalized spacial score (nSPS) is 10.1. The summed E-state index contributed by atoms with van der Waals surface area (Å²) < 4.78 is 7.00. The smallest absolute Gasteiger partial charge is 0.0662 e. The molecule has 1 heterocycles. The van der Waals surface area contributed by atoms with Crippen LogP contribution in [0.15, 0.2) is 18.5 Å². The molecule has 1 aromatic heterocycles. The highest BCUT2D eigenvalue weighted by atomic mass is 16.5. The van der Waals surface area contributed by atoms with Crippen molar-refractivity contribution < 1.29 is 4.74 Å². The fourth-order valence-electron chi connectivity index (χ4n) is 0.735. The van der Waals surface area contributed by atoms with Gasteiger partial charge in [-0.2, -0.15) is 5.10 Å². The van der Waals surface area contributed by atoms with Crippen molar-refractivity contribution in [2.45, 2.75) is 13.5 Å². The van der Waals surface area contributed by atoms with Crippen molar-refractivity contribution in [1.82, 2.24) is 9.78 Å². The van der Waals surface area contributed by atoms with Crippen LogP contribution in [0.4, 0.5) is 0 Å². The first kappa shape index (κ1) is 7.28. The van der Waals surface area contributed by atoms with Crippen molar-refractivity contribution in [3.8, 4) is 0 Å². The first-order chi connectivity index (χ1) is 4.93. The molecule has 10 heavy (non-hydrogen) atoms. The Hall–Kier alpha value is -0.830. The van der Waals surface area contributed by atoms with Crippen LogP contribution in [0.25, 0.3) is 0 Å². The third-order valence-electron chi connectivity index (χ3n) is 1.23. The van der Waals surface area contributed by atoms with E-state index in [-0.39, 0.29) is 0 Å². The fourth-order valence-corrected chi connectivity index (χ4v) is 0.735. The Bertz CT molecular complexity index is 160. The van der Waals surface area contributed by atoms with E-state index in [9.17, 15) is 0 Å². The summed E-state index contributed by atoms with van der Waals surface area (Å²) in [4.78, 5) is 0. The molecule has 0 bridgehead atoms. The third kappa shape index (κ3) is 2.19. The lowest BCUT2D eigenvalue weighted by Crippen LogP contribution is -2.05. The Balaban J connectivity index is 2.15. The molecule has 0 unspecified atom stereocenters. The van der Waals surface area contributed by atoms with E-state index < -0.39 is 0 Å². The Morgan fingerprint density at radius 2 is 2.50 bits per heavy atom. The highest BCUT2D eigenvalue weighted by molar-refractivity contribution is 4.77. The molecule has 0 amide bonds. The van der Waals surface area contributed by atoms with Crippen molar-refractivity contribution >= 4 is 0 Å². The topological polar surface area (TPSA) is 27.1 Å². The van der Waals surface area contributed by atoms with Crippen LogP contribution in [-0.4, -0.2) is 23.0 Å². The number of ether oxygens (including phenoxy) is 1. The molecule has 0 N–H and O–H groups in total. The zero-order chi connectivity index (χ0) is 7.23. The van der Waals surface area contributed by atoms with Crippen LogP contribution < -0.4 is 0 Å². The minimum atomic E-state index is 0.748. The molecule has 3 heteroatoms. The first-order valence-corrected chi connectivity index (χ1v) is 3.48. The summed E-state index contributed by atoms with van der Waals surface area (Å²) in [5.74, 6) is 0. The van der Waals surface area contributed by atoms with Gasteiger partial charge >= 0.3 is 0 Å². The van der Waals surface area contributed by atoms with E-state index in [0.717, 1.165) is 19.8 Å². The van der Waals surface area contributed by atoms with Crippen LogP contribution in [0.3, 0.4) is 0 Å². The van der Waals surface area contributed by atoms with E-state index in [1.54, 1.807) is 6.20 Å². The van der Waals surface area contributed by atoms with Crippen LogP contribution in [0, 0.1) is 0 Å². The number of hydrogen-bond acceptors (Lipinski definition) is 2. The number of nitrogens with zero attached hydrogens (tertiary/aromatic N) is 2. The Labute approximate surface area is 60.6 Å². The first-order valence-electron chi connectivity index (χ1n) is 3.48. The van der Waals surface area contributed by atoms with E-state index in [1.165, 1.54) is 0 Å². The Kier molecular flexibility index (Phi) is 2.96. The lowest BCUT2D eigenvalue weighted by atomic mass is 10.6. The maximum Gasteiger partial charge on any atom is 0.0662 e. The van der Waals surface area contributed by atoms with Crippen LogP contribution >= 0.6 is 0 Å². The zero-order valence-corrected chi connectivity index (χ0v) is 6.16. The fraction of sp³-hybridized carbons (Fsp3) is 0.571. The molecule has 0 saturated heterocycles. The molecule has 3 nitrogen and oxygen atoms in total. The molecule has 1 aromatic rings. The van der Waals surface area contributed by atoms with Gasteiger partial charge in [0.15, 0.2) is 0 Å². The molecule has 0 saturated carbocycles. The average molecular weight is 140 g/mol. The van der Waals surface area contributed by atoms with Crippen LogP contribution in [0.5, 0.6) is 0 Å². The molecule has 0 aromatic carbocycles. The second-order valence-corrected chi connectivity index (χ2v) is 1.97. The molecule has 0 spiro atoms. The molecule has 0 aliphatic carbocycles. The minimum Gasteiger partial charge on any atom is -0.380 e. The van der Waals surface area contributed by atoms with E-state index in [1.807, 2.05) is 23.9 Å². The van der Waals surface area contributed by atoms with Gasteiger partial charge in [0.05, 0.1) is 13.2 Å². The van der Waals surface area contributed by atoms with E-state index in [0.29, 0.717) is 0 Å². The van der Waals surface area contributed by atoms with Crippen LogP contribution in [0.1, 0.15) is 6.92 Å². The summed E-state index contributed by atoms with van der Waals surface area (Å²) in [6, 6.07) is 1.91. The SMILES string of the molecule is CCOCCn1cccn1. The van der Waals surface area contributed by atoms with Crippen molar-refractivity contribution in [3.63, 3.8) is 0 Å². The zero-order valence-electron chi connectivity index (χ0n) is 6.16. The quantitative estimate of drug-likeness (QED) is 0.581. The summed E-state index contributed by atoms with van der Waals surface area (Å²) in [7, 11) is 0. The molecular weight excluding hydrogens is 128 g/mol. The summed E-state index contributed by atoms with van der Waals surface area (Å²) in [5.41, 5.74) is 0. The molecule has 0 fully saturated rings. The van der Waals surface area contributed by atoms with Gasteiger partial charge < -0.3 is 4.74 Å². The van der Waals surface area contributed by atoms with Gasteiger partial charge in [0.2, 0.25) is 0 Å². The summed E-state index contributed by atoms with van der Waals surface area (Å²) in [5, 5.41) is 4.02. The number of hydrogen-bond donors (Lipinski definition) is 0. The molecule has 56 valence electrons. The van der Waals surface area contributed by atoms with Gasteiger partial charge in [0.1, 0.15) is 0 Å². The largest absolute Gasteiger partial charge is 0.380 e. The lowest BCUT2D eigenvalue weighted by Gasteiger charge is -1.99. The van der Waals surface area contributed by atoms with Gasteiger partial charge in [-0.15, -0.1) is 0 Å². The standard InChI is InChI=1S/C7H12N2O/c1-2-10-7-6-9-5-3-4-8-9/h3-5H,2,6-7H2,1H3. The van der Waals surface area contributed by atoms with Crippen molar-refractivity contribution in [2.75, 3.05) is 13.2 Å². The van der Waals surface area contributed by atoms with Gasteiger partial charge in [-0.1, -0.05) is 0 Å². The average Bonchev–Trinajstić information content (AvgIpc) is 2.41. The number of rotatable bonds is 4. The molecule has 0 radical (unpaired) electrons. The van der Waals surface area contributed by atoms with Gasteiger partial charge in [-0.3, -0.25) is 4.68 Å². The molecule has 0 aliphatic heterocycles. The van der Waals surface area contributed by atoms with Gasteiger partial charge in [-0.25, -0.2) is 0 Å². The highest BCUT2D eigenvalue weighted by Gasteiger charge is 1.87. The minimum absolute atomic E-state index is 0.748. The van der Waals surface area contributed by atoms with Gasteiger partial charge in [0.25, 0.3) is 0 Å². The maximum absolute atomic E-state index is 5.15. The van der Waals surface area contributed by atoms with E-state index in [2.05, 4.69) is 5.10 Å². The van der Waals surface area contributed by atoms with Gasteiger partial charge in [0, 0.05) is 19.0 Å². The molecule has 0 atom stereocenters. The predicted molar refractivity (Wildman–Crippen MR) is 38.7 cm³/mol.